The van der Waals surface area contributed by atoms with Crippen LogP contribution < -0.4 is 11.1 Å². The van der Waals surface area contributed by atoms with Crippen molar-refractivity contribution in [3.8, 4) is 0 Å². The molecule has 5 nitrogen and oxygen atoms in total. The van der Waals surface area contributed by atoms with Gasteiger partial charge in [0.2, 0.25) is 11.8 Å². The van der Waals surface area contributed by atoms with Gasteiger partial charge in [-0.3, -0.25) is 4.79 Å². The molecule has 2 aliphatic carbocycles. The molecule has 152 valence electrons. The Bertz CT molecular complexity index is 465. The summed E-state index contributed by atoms with van der Waals surface area (Å²) in [7, 11) is 0. The van der Waals surface area contributed by atoms with Crippen molar-refractivity contribution in [2.75, 3.05) is 6.61 Å². The third-order valence-corrected chi connectivity index (χ3v) is 5.28. The SMILES string of the molecule is CCOC(=O)C(CC1CCCCC1)NC(=O)C(N)CC1CC(F)(F)C1.Cl. The first-order chi connectivity index (χ1) is 11.8. The predicted octanol–water partition coefficient (Wildman–Crippen LogP) is 3.19. The topological polar surface area (TPSA) is 81.4 Å². The smallest absolute Gasteiger partial charge is 0.328 e. The van der Waals surface area contributed by atoms with E-state index in [4.69, 9.17) is 10.5 Å². The lowest BCUT2D eigenvalue weighted by molar-refractivity contribution is -0.148. The van der Waals surface area contributed by atoms with Gasteiger partial charge in [0.25, 0.3) is 0 Å². The standard InChI is InChI=1S/C18H30F2N2O3.ClH/c1-2-25-17(24)15(9-12-6-4-3-5-7-12)22-16(23)14(21)8-13-10-18(19,20)11-13;/h12-15H,2-11,21H2,1H3,(H,22,23);1H. The van der Waals surface area contributed by atoms with Gasteiger partial charge in [0, 0.05) is 12.8 Å². The van der Waals surface area contributed by atoms with Crippen molar-refractivity contribution < 1.29 is 23.1 Å². The number of nitrogens with one attached hydrogen (secondary N) is 1. The Morgan fingerprint density at radius 3 is 2.31 bits per heavy atom. The number of hydrogen-bond acceptors (Lipinski definition) is 4. The van der Waals surface area contributed by atoms with Crippen molar-refractivity contribution in [1.82, 2.24) is 5.32 Å². The van der Waals surface area contributed by atoms with E-state index in [1.54, 1.807) is 6.92 Å². The van der Waals surface area contributed by atoms with Gasteiger partial charge in [-0.25, -0.2) is 13.6 Å². The zero-order chi connectivity index (χ0) is 18.4. The van der Waals surface area contributed by atoms with E-state index in [0.717, 1.165) is 25.7 Å². The molecule has 26 heavy (non-hydrogen) atoms. The van der Waals surface area contributed by atoms with Crippen LogP contribution in [0, 0.1) is 11.8 Å². The third-order valence-electron chi connectivity index (χ3n) is 5.28. The van der Waals surface area contributed by atoms with Crippen LogP contribution >= 0.6 is 12.4 Å². The van der Waals surface area contributed by atoms with Crippen LogP contribution in [0.5, 0.6) is 0 Å². The maximum atomic E-state index is 12.9. The number of rotatable bonds is 8. The normalized spacial score (nSPS) is 22.5. The van der Waals surface area contributed by atoms with E-state index >= 15 is 0 Å². The highest BCUT2D eigenvalue weighted by molar-refractivity contribution is 5.87. The number of amides is 1. The molecule has 0 spiro atoms. The number of hydrogen-bond donors (Lipinski definition) is 2. The first kappa shape index (κ1) is 23.1. The Morgan fingerprint density at radius 1 is 1.15 bits per heavy atom. The summed E-state index contributed by atoms with van der Waals surface area (Å²) in [4.78, 5) is 24.5. The fourth-order valence-electron chi connectivity index (χ4n) is 3.91. The monoisotopic (exact) mass is 396 g/mol. The summed E-state index contributed by atoms with van der Waals surface area (Å²) in [5.74, 6) is -3.34. The molecule has 0 aromatic carbocycles. The van der Waals surface area contributed by atoms with Gasteiger partial charge in [0.15, 0.2) is 0 Å². The van der Waals surface area contributed by atoms with E-state index < -0.39 is 29.9 Å². The molecule has 0 aromatic heterocycles. The molecule has 0 heterocycles. The lowest BCUT2D eigenvalue weighted by Crippen LogP contribution is -2.51. The highest BCUT2D eigenvalue weighted by Crippen LogP contribution is 2.44. The number of nitrogens with two attached hydrogens (primary N) is 1. The molecular formula is C18H31ClF2N2O3. The van der Waals surface area contributed by atoms with Gasteiger partial charge < -0.3 is 15.8 Å². The second kappa shape index (κ2) is 10.4. The van der Waals surface area contributed by atoms with E-state index in [0.29, 0.717) is 12.3 Å². The summed E-state index contributed by atoms with van der Waals surface area (Å²) in [5, 5.41) is 2.70. The van der Waals surface area contributed by atoms with Gasteiger partial charge in [-0.05, 0) is 31.6 Å². The van der Waals surface area contributed by atoms with Crippen molar-refractivity contribution in [3.05, 3.63) is 0 Å². The van der Waals surface area contributed by atoms with E-state index in [-0.39, 0.29) is 44.2 Å². The van der Waals surface area contributed by atoms with Crippen molar-refractivity contribution in [3.63, 3.8) is 0 Å². The summed E-state index contributed by atoms with van der Waals surface area (Å²) in [6, 6.07) is -1.58. The lowest BCUT2D eigenvalue weighted by atomic mass is 9.77. The van der Waals surface area contributed by atoms with Crippen LogP contribution in [0.3, 0.4) is 0 Å². The maximum Gasteiger partial charge on any atom is 0.328 e. The summed E-state index contributed by atoms with van der Waals surface area (Å²) in [6.45, 7) is 1.97. The molecule has 3 N–H and O–H groups in total. The minimum atomic E-state index is -2.62. The first-order valence-electron chi connectivity index (χ1n) is 9.41. The van der Waals surface area contributed by atoms with E-state index in [2.05, 4.69) is 5.32 Å². The summed E-state index contributed by atoms with van der Waals surface area (Å²) in [5.41, 5.74) is 5.86. The van der Waals surface area contributed by atoms with Crippen LogP contribution in [0.2, 0.25) is 0 Å². The van der Waals surface area contributed by atoms with E-state index in [1.807, 2.05) is 0 Å². The summed E-state index contributed by atoms with van der Waals surface area (Å²) < 4.78 is 30.9. The fourth-order valence-corrected chi connectivity index (χ4v) is 3.91. The van der Waals surface area contributed by atoms with Crippen LogP contribution in [-0.2, 0) is 14.3 Å². The third kappa shape index (κ3) is 6.99. The van der Waals surface area contributed by atoms with Gasteiger partial charge in [-0.1, -0.05) is 32.1 Å². The molecular weight excluding hydrogens is 366 g/mol. The van der Waals surface area contributed by atoms with Gasteiger partial charge in [-0.15, -0.1) is 12.4 Å². The van der Waals surface area contributed by atoms with Crippen molar-refractivity contribution in [2.45, 2.75) is 82.7 Å². The van der Waals surface area contributed by atoms with Crippen molar-refractivity contribution in [1.29, 1.82) is 0 Å². The van der Waals surface area contributed by atoms with Crippen LogP contribution in [-0.4, -0.2) is 36.5 Å². The number of alkyl halides is 2. The molecule has 2 saturated carbocycles. The van der Waals surface area contributed by atoms with Gasteiger partial charge in [-0.2, -0.15) is 0 Å². The first-order valence-corrected chi connectivity index (χ1v) is 9.41. The number of carbonyl (C=O) groups excluding carboxylic acids is 2. The molecule has 2 fully saturated rings. The minimum absolute atomic E-state index is 0. The molecule has 0 saturated heterocycles. The second-order valence-corrected chi connectivity index (χ2v) is 7.53. The quantitative estimate of drug-likeness (QED) is 0.617. The largest absolute Gasteiger partial charge is 0.464 e. The van der Waals surface area contributed by atoms with Crippen LogP contribution in [0.15, 0.2) is 0 Å². The van der Waals surface area contributed by atoms with Crippen molar-refractivity contribution in [2.24, 2.45) is 17.6 Å². The zero-order valence-electron chi connectivity index (χ0n) is 15.3. The fraction of sp³-hybridized carbons (Fsp3) is 0.889. The zero-order valence-corrected chi connectivity index (χ0v) is 16.2. The van der Waals surface area contributed by atoms with Crippen LogP contribution in [0.25, 0.3) is 0 Å². The average Bonchev–Trinajstić information content (AvgIpc) is 2.53. The van der Waals surface area contributed by atoms with E-state index in [1.165, 1.54) is 6.42 Å². The number of carbonyl (C=O) groups is 2. The lowest BCUT2D eigenvalue weighted by Gasteiger charge is -2.36. The molecule has 0 aromatic rings. The highest BCUT2D eigenvalue weighted by Gasteiger charge is 2.46. The van der Waals surface area contributed by atoms with Gasteiger partial charge in [0.1, 0.15) is 6.04 Å². The van der Waals surface area contributed by atoms with Gasteiger partial charge in [0.05, 0.1) is 12.6 Å². The molecule has 1 amide bonds. The Labute approximate surface area is 160 Å². The minimum Gasteiger partial charge on any atom is -0.464 e. The molecule has 0 aliphatic heterocycles. The number of ether oxygens (including phenoxy) is 1. The average molecular weight is 397 g/mol. The predicted molar refractivity (Wildman–Crippen MR) is 97.3 cm³/mol. The number of esters is 1. The molecule has 2 rings (SSSR count). The Morgan fingerprint density at radius 2 is 1.77 bits per heavy atom. The highest BCUT2D eigenvalue weighted by atomic mass is 35.5. The molecule has 0 radical (unpaired) electrons. The van der Waals surface area contributed by atoms with Gasteiger partial charge >= 0.3 is 5.97 Å². The molecule has 2 aliphatic rings. The summed E-state index contributed by atoms with van der Waals surface area (Å²) in [6.07, 6.45) is 5.95. The second-order valence-electron chi connectivity index (χ2n) is 7.53. The maximum absolute atomic E-state index is 12.9. The molecule has 8 heteroatoms. The van der Waals surface area contributed by atoms with Crippen LogP contribution in [0.4, 0.5) is 8.78 Å². The Kier molecular flexibility index (Phi) is 9.24. The molecule has 0 bridgehead atoms. The molecule has 2 unspecified atom stereocenters. The van der Waals surface area contributed by atoms with E-state index in [9.17, 15) is 18.4 Å². The van der Waals surface area contributed by atoms with Crippen LogP contribution in [0.1, 0.15) is 64.7 Å². The Hall–Kier alpha value is -0.950. The van der Waals surface area contributed by atoms with Crippen molar-refractivity contribution >= 4 is 24.3 Å². The molecule has 2 atom stereocenters. The number of halogens is 3. The Balaban J connectivity index is 0.00000338. The summed E-state index contributed by atoms with van der Waals surface area (Å²) >= 11 is 0.